The van der Waals surface area contributed by atoms with Crippen molar-refractivity contribution in [1.82, 2.24) is 10.1 Å². The van der Waals surface area contributed by atoms with Crippen LogP contribution in [0.1, 0.15) is 12.2 Å². The first-order chi connectivity index (χ1) is 5.75. The number of hydrogen-bond acceptors (Lipinski definition) is 5. The van der Waals surface area contributed by atoms with Crippen LogP contribution in [0.5, 0.6) is 0 Å². The van der Waals surface area contributed by atoms with E-state index < -0.39 is 0 Å². The molecule has 1 saturated heterocycles. The molecule has 2 rings (SSSR count). The third kappa shape index (κ3) is 1.27. The summed E-state index contributed by atoms with van der Waals surface area (Å²) in [7, 11) is 0. The van der Waals surface area contributed by atoms with Gasteiger partial charge in [-0.1, -0.05) is 5.16 Å². The van der Waals surface area contributed by atoms with Crippen molar-refractivity contribution in [2.24, 2.45) is 0 Å². The molecule has 5 heteroatoms. The molecule has 1 fully saturated rings. The average Bonchev–Trinajstić information content (AvgIpc) is 2.58. The Kier molecular flexibility index (Phi) is 1.73. The highest BCUT2D eigenvalue weighted by molar-refractivity contribution is 5.27. The SMILES string of the molecule is Cc1noc(N2CC[C@@H](O)C2)n1. The molecule has 0 aromatic carbocycles. The third-order valence-electron chi connectivity index (χ3n) is 1.95. The van der Waals surface area contributed by atoms with Gasteiger partial charge in [-0.25, -0.2) is 0 Å². The fourth-order valence-corrected chi connectivity index (χ4v) is 1.33. The van der Waals surface area contributed by atoms with E-state index in [0.29, 0.717) is 18.4 Å². The lowest BCUT2D eigenvalue weighted by Crippen LogP contribution is -2.21. The second kappa shape index (κ2) is 2.75. The lowest BCUT2D eigenvalue weighted by molar-refractivity contribution is 0.197. The zero-order valence-electron chi connectivity index (χ0n) is 6.90. The van der Waals surface area contributed by atoms with Crippen molar-refractivity contribution in [3.63, 3.8) is 0 Å². The summed E-state index contributed by atoms with van der Waals surface area (Å²) in [5, 5.41) is 12.9. The van der Waals surface area contributed by atoms with Gasteiger partial charge >= 0.3 is 6.01 Å². The Morgan fingerprint density at radius 2 is 2.50 bits per heavy atom. The van der Waals surface area contributed by atoms with Gasteiger partial charge in [-0.15, -0.1) is 0 Å². The first-order valence-electron chi connectivity index (χ1n) is 3.99. The zero-order valence-corrected chi connectivity index (χ0v) is 6.90. The highest BCUT2D eigenvalue weighted by atomic mass is 16.5. The summed E-state index contributed by atoms with van der Waals surface area (Å²) < 4.78 is 4.95. The molecule has 0 saturated carbocycles. The number of aliphatic hydroxyl groups is 1. The van der Waals surface area contributed by atoms with E-state index in [1.807, 2.05) is 4.90 Å². The van der Waals surface area contributed by atoms with E-state index in [-0.39, 0.29) is 6.10 Å². The van der Waals surface area contributed by atoms with E-state index in [2.05, 4.69) is 10.1 Å². The van der Waals surface area contributed by atoms with Crippen molar-refractivity contribution in [2.75, 3.05) is 18.0 Å². The fourth-order valence-electron chi connectivity index (χ4n) is 1.33. The van der Waals surface area contributed by atoms with E-state index in [4.69, 9.17) is 4.52 Å². The molecule has 0 bridgehead atoms. The lowest BCUT2D eigenvalue weighted by atomic mass is 10.3. The number of hydrogen-bond donors (Lipinski definition) is 1. The van der Waals surface area contributed by atoms with Gasteiger partial charge in [-0.3, -0.25) is 0 Å². The highest BCUT2D eigenvalue weighted by Gasteiger charge is 2.23. The van der Waals surface area contributed by atoms with Gasteiger partial charge in [-0.05, 0) is 13.3 Å². The number of aliphatic hydroxyl groups excluding tert-OH is 1. The van der Waals surface area contributed by atoms with Crippen LogP contribution in [0, 0.1) is 6.92 Å². The molecule has 2 heterocycles. The van der Waals surface area contributed by atoms with Gasteiger partial charge in [0.2, 0.25) is 0 Å². The molecular weight excluding hydrogens is 158 g/mol. The van der Waals surface area contributed by atoms with Crippen LogP contribution in [0.15, 0.2) is 4.52 Å². The van der Waals surface area contributed by atoms with Crippen LogP contribution >= 0.6 is 0 Å². The van der Waals surface area contributed by atoms with Gasteiger partial charge in [0.05, 0.1) is 6.10 Å². The summed E-state index contributed by atoms with van der Waals surface area (Å²) in [5.41, 5.74) is 0. The highest BCUT2D eigenvalue weighted by Crippen LogP contribution is 2.17. The Hall–Kier alpha value is -1.10. The molecule has 0 radical (unpaired) electrons. The van der Waals surface area contributed by atoms with Gasteiger partial charge < -0.3 is 14.5 Å². The van der Waals surface area contributed by atoms with Crippen molar-refractivity contribution in [3.05, 3.63) is 5.82 Å². The number of β-amino-alcohol motifs (C(OH)–C–C–N with tert-alkyl or cyclic N) is 1. The monoisotopic (exact) mass is 169 g/mol. The lowest BCUT2D eigenvalue weighted by Gasteiger charge is -2.09. The number of aryl methyl sites for hydroxylation is 1. The van der Waals surface area contributed by atoms with E-state index in [9.17, 15) is 5.11 Å². The van der Waals surface area contributed by atoms with Crippen molar-refractivity contribution >= 4 is 6.01 Å². The molecule has 66 valence electrons. The minimum absolute atomic E-state index is 0.253. The van der Waals surface area contributed by atoms with Crippen molar-refractivity contribution < 1.29 is 9.63 Å². The number of rotatable bonds is 1. The summed E-state index contributed by atoms with van der Waals surface area (Å²) in [6.07, 6.45) is 0.527. The second-order valence-corrected chi connectivity index (χ2v) is 3.01. The van der Waals surface area contributed by atoms with Gasteiger partial charge in [-0.2, -0.15) is 4.98 Å². The van der Waals surface area contributed by atoms with E-state index in [0.717, 1.165) is 13.0 Å². The van der Waals surface area contributed by atoms with Gasteiger partial charge in [0.15, 0.2) is 5.82 Å². The van der Waals surface area contributed by atoms with Crippen LogP contribution in [0.3, 0.4) is 0 Å². The molecule has 12 heavy (non-hydrogen) atoms. The summed E-state index contributed by atoms with van der Waals surface area (Å²) in [6.45, 7) is 3.17. The minimum Gasteiger partial charge on any atom is -0.391 e. The molecule has 0 unspecified atom stereocenters. The van der Waals surface area contributed by atoms with Crippen LogP contribution in [0.25, 0.3) is 0 Å². The zero-order chi connectivity index (χ0) is 8.55. The maximum Gasteiger partial charge on any atom is 0.324 e. The average molecular weight is 169 g/mol. The van der Waals surface area contributed by atoms with E-state index in [1.165, 1.54) is 0 Å². The Morgan fingerprint density at radius 3 is 3.00 bits per heavy atom. The molecule has 0 spiro atoms. The Bertz CT molecular complexity index is 273. The Labute approximate surface area is 70.0 Å². The summed E-state index contributed by atoms with van der Waals surface area (Å²) >= 11 is 0. The number of nitrogens with zero attached hydrogens (tertiary/aromatic N) is 3. The molecule has 1 aromatic heterocycles. The number of anilines is 1. The standard InChI is InChI=1S/C7H11N3O2/c1-5-8-7(12-9-5)10-3-2-6(11)4-10/h6,11H,2-4H2,1H3/t6-/m1/s1. The first-order valence-corrected chi connectivity index (χ1v) is 3.99. The van der Waals surface area contributed by atoms with Crippen molar-refractivity contribution in [2.45, 2.75) is 19.4 Å². The van der Waals surface area contributed by atoms with Crippen molar-refractivity contribution in [1.29, 1.82) is 0 Å². The van der Waals surface area contributed by atoms with Crippen LogP contribution in [-0.2, 0) is 0 Å². The van der Waals surface area contributed by atoms with E-state index in [1.54, 1.807) is 6.92 Å². The van der Waals surface area contributed by atoms with Gasteiger partial charge in [0, 0.05) is 13.1 Å². The largest absolute Gasteiger partial charge is 0.391 e. The molecule has 1 aliphatic rings. The van der Waals surface area contributed by atoms with Crippen LogP contribution in [0.2, 0.25) is 0 Å². The normalized spacial score (nSPS) is 23.5. The predicted octanol–water partition coefficient (Wildman–Crippen LogP) is -0.0510. The first kappa shape index (κ1) is 7.54. The molecule has 0 aliphatic carbocycles. The molecular formula is C7H11N3O2. The third-order valence-corrected chi connectivity index (χ3v) is 1.95. The minimum atomic E-state index is -0.253. The molecule has 1 N–H and O–H groups in total. The topological polar surface area (TPSA) is 62.4 Å². The molecule has 1 aromatic rings. The van der Waals surface area contributed by atoms with Crippen molar-refractivity contribution in [3.8, 4) is 0 Å². The van der Waals surface area contributed by atoms with Gasteiger partial charge in [0.1, 0.15) is 0 Å². The maximum atomic E-state index is 9.24. The smallest absolute Gasteiger partial charge is 0.324 e. The molecule has 0 amide bonds. The Balaban J connectivity index is 2.11. The summed E-state index contributed by atoms with van der Waals surface area (Å²) in [4.78, 5) is 5.96. The molecule has 1 aliphatic heterocycles. The van der Waals surface area contributed by atoms with Crippen LogP contribution in [-0.4, -0.2) is 34.4 Å². The molecule has 1 atom stereocenters. The van der Waals surface area contributed by atoms with Crippen LogP contribution in [0.4, 0.5) is 6.01 Å². The quantitative estimate of drug-likeness (QED) is 0.638. The maximum absolute atomic E-state index is 9.24. The van der Waals surface area contributed by atoms with Crippen LogP contribution < -0.4 is 4.90 Å². The van der Waals surface area contributed by atoms with E-state index >= 15 is 0 Å². The second-order valence-electron chi connectivity index (χ2n) is 3.01. The summed E-state index contributed by atoms with van der Waals surface area (Å²) in [6, 6.07) is 0.518. The predicted molar refractivity (Wildman–Crippen MR) is 41.9 cm³/mol. The number of aromatic nitrogens is 2. The Morgan fingerprint density at radius 1 is 1.67 bits per heavy atom. The summed E-state index contributed by atoms with van der Waals surface area (Å²) in [5.74, 6) is 0.631. The fraction of sp³-hybridized carbons (Fsp3) is 0.714. The van der Waals surface area contributed by atoms with Gasteiger partial charge in [0.25, 0.3) is 0 Å². The molecule has 5 nitrogen and oxygen atoms in total.